The highest BCUT2D eigenvalue weighted by atomic mass is 19.1. The van der Waals surface area contributed by atoms with E-state index in [-0.39, 0.29) is 18.3 Å². The Labute approximate surface area is 133 Å². The second-order valence-corrected chi connectivity index (χ2v) is 6.40. The standard InChI is InChI=1S/C17H21F3O3/c1-10-7-22-17(23-8-10)11-2-3-16(21-9-11)12-4-14(19)13(6-18)15(20)5-12/h4-5,10-11,16-17H,2-3,6-9H2,1H3. The van der Waals surface area contributed by atoms with Crippen molar-refractivity contribution in [3.8, 4) is 0 Å². The minimum atomic E-state index is -1.15. The quantitative estimate of drug-likeness (QED) is 0.841. The zero-order valence-electron chi connectivity index (χ0n) is 13.1. The Morgan fingerprint density at radius 1 is 1.00 bits per heavy atom. The van der Waals surface area contributed by atoms with Crippen molar-refractivity contribution < 1.29 is 27.4 Å². The summed E-state index contributed by atoms with van der Waals surface area (Å²) in [6.07, 6.45) is 0.760. The van der Waals surface area contributed by atoms with Gasteiger partial charge in [-0.3, -0.25) is 0 Å². The molecule has 0 aromatic heterocycles. The molecule has 2 saturated heterocycles. The molecule has 0 amide bonds. The third-order valence-corrected chi connectivity index (χ3v) is 4.45. The van der Waals surface area contributed by atoms with Crippen molar-refractivity contribution in [3.63, 3.8) is 0 Å². The van der Waals surface area contributed by atoms with Gasteiger partial charge in [-0.15, -0.1) is 0 Å². The highest BCUT2D eigenvalue weighted by Crippen LogP contribution is 2.35. The summed E-state index contributed by atoms with van der Waals surface area (Å²) in [4.78, 5) is 0. The number of hydrogen-bond donors (Lipinski definition) is 0. The van der Waals surface area contributed by atoms with Crippen LogP contribution in [0.4, 0.5) is 13.2 Å². The SMILES string of the molecule is CC1COC(C2CCC(c3cc(F)c(CF)c(F)c3)OC2)OC1. The van der Waals surface area contributed by atoms with Crippen molar-refractivity contribution in [1.29, 1.82) is 0 Å². The van der Waals surface area contributed by atoms with Crippen LogP contribution in [-0.4, -0.2) is 26.1 Å². The maximum Gasteiger partial charge on any atom is 0.162 e. The number of benzene rings is 1. The lowest BCUT2D eigenvalue weighted by molar-refractivity contribution is -0.239. The molecule has 2 aliphatic heterocycles. The van der Waals surface area contributed by atoms with E-state index in [1.807, 2.05) is 0 Å². The van der Waals surface area contributed by atoms with E-state index in [1.54, 1.807) is 0 Å². The molecule has 0 N–H and O–H groups in total. The van der Waals surface area contributed by atoms with E-state index in [2.05, 4.69) is 6.92 Å². The first-order chi connectivity index (χ1) is 11.1. The summed E-state index contributed by atoms with van der Waals surface area (Å²) in [5, 5.41) is 0. The molecule has 2 atom stereocenters. The first kappa shape index (κ1) is 16.7. The second-order valence-electron chi connectivity index (χ2n) is 6.40. The van der Waals surface area contributed by atoms with Gasteiger partial charge in [-0.1, -0.05) is 6.92 Å². The molecule has 128 valence electrons. The van der Waals surface area contributed by atoms with Crippen LogP contribution in [0.5, 0.6) is 0 Å². The molecular formula is C17H21F3O3. The van der Waals surface area contributed by atoms with E-state index >= 15 is 0 Å². The summed E-state index contributed by atoms with van der Waals surface area (Å²) in [6, 6.07) is 2.33. The Morgan fingerprint density at radius 3 is 2.17 bits per heavy atom. The second kappa shape index (κ2) is 7.20. The molecule has 2 heterocycles. The number of halogens is 3. The minimum Gasteiger partial charge on any atom is -0.373 e. The summed E-state index contributed by atoms with van der Waals surface area (Å²) < 4.78 is 57.1. The van der Waals surface area contributed by atoms with Crippen molar-refractivity contribution in [2.24, 2.45) is 11.8 Å². The maximum atomic E-state index is 13.7. The van der Waals surface area contributed by atoms with Crippen molar-refractivity contribution in [2.75, 3.05) is 19.8 Å². The molecule has 0 radical (unpaired) electrons. The number of rotatable bonds is 3. The third-order valence-electron chi connectivity index (χ3n) is 4.45. The molecule has 2 fully saturated rings. The number of alkyl halides is 1. The zero-order chi connectivity index (χ0) is 16.4. The Hall–Kier alpha value is -1.11. The Bertz CT molecular complexity index is 513. The van der Waals surface area contributed by atoms with Gasteiger partial charge in [-0.2, -0.15) is 0 Å². The lowest BCUT2D eigenvalue weighted by Gasteiger charge is -2.37. The molecule has 3 nitrogen and oxygen atoms in total. The van der Waals surface area contributed by atoms with E-state index in [4.69, 9.17) is 14.2 Å². The Morgan fingerprint density at radius 2 is 1.65 bits per heavy atom. The van der Waals surface area contributed by atoms with Crippen LogP contribution in [0.2, 0.25) is 0 Å². The van der Waals surface area contributed by atoms with Crippen molar-refractivity contribution >= 4 is 0 Å². The van der Waals surface area contributed by atoms with Gasteiger partial charge in [0.25, 0.3) is 0 Å². The lowest BCUT2D eigenvalue weighted by Crippen LogP contribution is -2.39. The first-order valence-corrected chi connectivity index (χ1v) is 7.97. The monoisotopic (exact) mass is 330 g/mol. The molecule has 0 spiro atoms. The van der Waals surface area contributed by atoms with Gasteiger partial charge in [0.15, 0.2) is 6.29 Å². The molecule has 1 aromatic carbocycles. The summed E-state index contributed by atoms with van der Waals surface area (Å²) in [5.74, 6) is -1.20. The molecule has 0 bridgehead atoms. The largest absolute Gasteiger partial charge is 0.373 e. The predicted molar refractivity (Wildman–Crippen MR) is 77.4 cm³/mol. The van der Waals surface area contributed by atoms with Crippen LogP contribution in [0.3, 0.4) is 0 Å². The number of hydrogen-bond acceptors (Lipinski definition) is 3. The van der Waals surface area contributed by atoms with E-state index in [0.29, 0.717) is 37.7 Å². The summed E-state index contributed by atoms with van der Waals surface area (Å²) in [6.45, 7) is 2.67. The van der Waals surface area contributed by atoms with Crippen LogP contribution in [0, 0.1) is 23.5 Å². The van der Waals surface area contributed by atoms with Gasteiger partial charge in [0.05, 0.1) is 31.5 Å². The predicted octanol–water partition coefficient (Wildman–Crippen LogP) is 3.91. The van der Waals surface area contributed by atoms with Crippen LogP contribution in [0.15, 0.2) is 12.1 Å². The minimum absolute atomic E-state index is 0.124. The van der Waals surface area contributed by atoms with Gasteiger partial charge in [0.1, 0.15) is 18.3 Å². The van der Waals surface area contributed by atoms with Gasteiger partial charge in [-0.05, 0) is 30.5 Å². The van der Waals surface area contributed by atoms with Crippen molar-refractivity contribution in [3.05, 3.63) is 34.9 Å². The van der Waals surface area contributed by atoms with Crippen molar-refractivity contribution in [2.45, 2.75) is 38.8 Å². The smallest absolute Gasteiger partial charge is 0.162 e. The van der Waals surface area contributed by atoms with E-state index in [1.165, 1.54) is 0 Å². The fourth-order valence-electron chi connectivity index (χ4n) is 3.07. The van der Waals surface area contributed by atoms with Crippen LogP contribution >= 0.6 is 0 Å². The molecule has 0 saturated carbocycles. The van der Waals surface area contributed by atoms with E-state index < -0.39 is 23.9 Å². The zero-order valence-corrected chi connectivity index (χ0v) is 13.1. The molecule has 6 heteroatoms. The maximum absolute atomic E-state index is 13.7. The normalized spacial score (nSPS) is 32.0. The summed E-state index contributed by atoms with van der Waals surface area (Å²) >= 11 is 0. The van der Waals surface area contributed by atoms with Gasteiger partial charge >= 0.3 is 0 Å². The fraction of sp³-hybridized carbons (Fsp3) is 0.647. The van der Waals surface area contributed by atoms with Crippen LogP contribution in [0.1, 0.15) is 37.0 Å². The topological polar surface area (TPSA) is 27.7 Å². The molecule has 0 aliphatic carbocycles. The first-order valence-electron chi connectivity index (χ1n) is 7.97. The molecule has 3 rings (SSSR count). The van der Waals surface area contributed by atoms with Gasteiger partial charge in [0, 0.05) is 11.8 Å². The van der Waals surface area contributed by atoms with Crippen LogP contribution < -0.4 is 0 Å². The summed E-state index contributed by atoms with van der Waals surface area (Å²) in [7, 11) is 0. The van der Waals surface area contributed by atoms with Crippen LogP contribution in [0.25, 0.3) is 0 Å². The lowest BCUT2D eigenvalue weighted by atomic mass is 9.93. The van der Waals surface area contributed by atoms with Gasteiger partial charge in [-0.25, -0.2) is 13.2 Å². The number of ether oxygens (including phenoxy) is 3. The molecular weight excluding hydrogens is 309 g/mol. The van der Waals surface area contributed by atoms with Crippen LogP contribution in [-0.2, 0) is 20.9 Å². The molecule has 2 aliphatic rings. The van der Waals surface area contributed by atoms with E-state index in [9.17, 15) is 13.2 Å². The Kier molecular flexibility index (Phi) is 5.24. The van der Waals surface area contributed by atoms with Crippen molar-refractivity contribution in [1.82, 2.24) is 0 Å². The highest BCUT2D eigenvalue weighted by Gasteiger charge is 2.33. The van der Waals surface area contributed by atoms with Gasteiger partial charge in [0.2, 0.25) is 0 Å². The molecule has 2 unspecified atom stereocenters. The Balaban J connectivity index is 1.61. The fourth-order valence-corrected chi connectivity index (χ4v) is 3.07. The van der Waals surface area contributed by atoms with E-state index in [0.717, 1.165) is 18.6 Å². The molecule has 1 aromatic rings. The average Bonchev–Trinajstić information content (AvgIpc) is 2.55. The third kappa shape index (κ3) is 3.70. The summed E-state index contributed by atoms with van der Waals surface area (Å²) in [5.41, 5.74) is -0.115. The average molecular weight is 330 g/mol. The van der Waals surface area contributed by atoms with Gasteiger partial charge < -0.3 is 14.2 Å². The highest BCUT2D eigenvalue weighted by molar-refractivity contribution is 5.27. The molecule has 23 heavy (non-hydrogen) atoms.